The van der Waals surface area contributed by atoms with Gasteiger partial charge in [-0.05, 0) is 12.8 Å². The van der Waals surface area contributed by atoms with Gasteiger partial charge >= 0.3 is 36.5 Å². The van der Waals surface area contributed by atoms with Gasteiger partial charge in [0.15, 0.2) is 4.84 Å². The van der Waals surface area contributed by atoms with E-state index in [0.717, 1.165) is 4.31 Å². The molecular formula is C10H11Cl4CuNO8S2Zn. The molecule has 1 fully saturated rings. The summed E-state index contributed by atoms with van der Waals surface area (Å²) in [5, 5.41) is 0. The summed E-state index contributed by atoms with van der Waals surface area (Å²) in [6.45, 7) is 0. The van der Waals surface area contributed by atoms with Gasteiger partial charge in [-0.15, -0.1) is 23.2 Å². The van der Waals surface area contributed by atoms with Crippen LogP contribution in [0.2, 0.25) is 0 Å². The Morgan fingerprint density at radius 2 is 1.37 bits per heavy atom. The molecular weight excluding hydrogens is 597 g/mol. The van der Waals surface area contributed by atoms with E-state index in [2.05, 4.69) is 0 Å². The molecule has 2 N–H and O–H groups in total. The summed E-state index contributed by atoms with van der Waals surface area (Å²) in [4.78, 5) is 23.1. The van der Waals surface area contributed by atoms with Gasteiger partial charge in [-0.2, -0.15) is 0 Å². The second-order valence-electron chi connectivity index (χ2n) is 4.49. The molecule has 0 aromatic carbocycles. The Bertz CT molecular complexity index is 590. The van der Waals surface area contributed by atoms with Gasteiger partial charge in [0.25, 0.3) is 0 Å². The van der Waals surface area contributed by atoms with E-state index >= 15 is 0 Å². The van der Waals surface area contributed by atoms with Crippen molar-refractivity contribution in [1.29, 1.82) is 0 Å². The van der Waals surface area contributed by atoms with Gasteiger partial charge in [-0.1, -0.05) is 35.4 Å². The molecule has 2 atom stereocenters. The molecule has 2 unspecified atom stereocenters. The van der Waals surface area contributed by atoms with Crippen molar-refractivity contribution in [2.75, 3.05) is 0 Å². The number of nitrogens with zero attached hydrogens (tertiary/aromatic N) is 1. The Kier molecular flexibility index (Phi) is 19.0. The van der Waals surface area contributed by atoms with Crippen LogP contribution in [-0.2, 0) is 56.5 Å². The van der Waals surface area contributed by atoms with Crippen molar-refractivity contribution >= 4 is 80.6 Å². The quantitative estimate of drug-likeness (QED) is 0.0880. The van der Waals surface area contributed by atoms with Crippen LogP contribution in [0, 0.1) is 11.8 Å². The Morgan fingerprint density at radius 1 is 1.07 bits per heavy atom. The molecule has 1 radical (unpaired) electrons. The first-order chi connectivity index (χ1) is 10.3. The van der Waals surface area contributed by atoms with Crippen molar-refractivity contribution in [3.63, 3.8) is 0 Å². The number of imide groups is 1. The zero-order valence-electron chi connectivity index (χ0n) is 12.9. The van der Waals surface area contributed by atoms with Crippen molar-refractivity contribution in [2.24, 2.45) is 11.8 Å². The van der Waals surface area contributed by atoms with E-state index in [1.54, 1.807) is 0 Å². The SMILES string of the molecule is O=C1C2CC=CCC2C(=O)N1SC(Cl)(Cl)C(Cl)Cl.O=S(=O)([O-])[O-].[Cu+2].[OH-].[OH-].[Zn+2]. The number of carbonyl (C=O) groups excluding carboxylic acids is 2. The molecule has 0 saturated carbocycles. The topological polar surface area (TPSA) is 178 Å². The fourth-order valence-corrected chi connectivity index (χ4v) is 3.45. The fraction of sp³-hybridized carbons (Fsp3) is 0.600. The van der Waals surface area contributed by atoms with Crippen LogP contribution in [0.3, 0.4) is 0 Å². The van der Waals surface area contributed by atoms with Gasteiger partial charge in [-0.25, -0.2) is 4.31 Å². The molecule has 0 bridgehead atoms. The number of amides is 2. The summed E-state index contributed by atoms with van der Waals surface area (Å²) in [5.74, 6) is -1.19. The predicted octanol–water partition coefficient (Wildman–Crippen LogP) is 1.82. The second-order valence-corrected chi connectivity index (χ2v) is 9.43. The first-order valence-electron chi connectivity index (χ1n) is 5.89. The molecule has 1 saturated heterocycles. The van der Waals surface area contributed by atoms with Crippen molar-refractivity contribution < 1.29 is 74.6 Å². The van der Waals surface area contributed by atoms with Crippen molar-refractivity contribution in [3.05, 3.63) is 12.2 Å². The molecule has 157 valence electrons. The van der Waals surface area contributed by atoms with E-state index in [1.807, 2.05) is 12.2 Å². The van der Waals surface area contributed by atoms with Crippen LogP contribution in [0.15, 0.2) is 12.2 Å². The Morgan fingerprint density at radius 3 is 1.63 bits per heavy atom. The third-order valence-corrected chi connectivity index (χ3v) is 6.17. The second kappa shape index (κ2) is 14.3. The third-order valence-electron chi connectivity index (χ3n) is 2.93. The number of hydrogen-bond donors (Lipinski definition) is 0. The van der Waals surface area contributed by atoms with Crippen LogP contribution in [0.5, 0.6) is 0 Å². The molecule has 1 aliphatic carbocycles. The zero-order chi connectivity index (χ0) is 18.0. The van der Waals surface area contributed by atoms with Crippen LogP contribution in [-0.4, -0.2) is 53.1 Å². The molecule has 0 aromatic heterocycles. The Balaban J connectivity index is -0.000000264. The predicted molar refractivity (Wildman–Crippen MR) is 89.1 cm³/mol. The van der Waals surface area contributed by atoms with E-state index in [9.17, 15) is 9.59 Å². The maximum Gasteiger partial charge on any atom is 2.00 e. The van der Waals surface area contributed by atoms with Gasteiger partial charge in [0.1, 0.15) is 0 Å². The summed E-state index contributed by atoms with van der Waals surface area (Å²) >= 11 is 23.7. The zero-order valence-corrected chi connectivity index (χ0v) is 21.5. The monoisotopic (exact) mass is 604 g/mol. The normalized spacial score (nSPS) is 20.9. The van der Waals surface area contributed by atoms with Crippen LogP contribution >= 0.6 is 58.4 Å². The van der Waals surface area contributed by atoms with Gasteiger partial charge in [0, 0.05) is 22.3 Å². The van der Waals surface area contributed by atoms with Crippen molar-refractivity contribution in [3.8, 4) is 0 Å². The summed E-state index contributed by atoms with van der Waals surface area (Å²) in [7, 11) is -5.17. The number of carbonyl (C=O) groups is 2. The molecule has 17 heteroatoms. The van der Waals surface area contributed by atoms with E-state index in [-0.39, 0.29) is 71.1 Å². The third kappa shape index (κ3) is 11.3. The minimum absolute atomic E-state index is 0. The summed E-state index contributed by atoms with van der Waals surface area (Å²) in [6.07, 6.45) is 4.94. The molecule has 0 aromatic rings. The van der Waals surface area contributed by atoms with Crippen LogP contribution in [0.4, 0.5) is 0 Å². The average molecular weight is 608 g/mol. The van der Waals surface area contributed by atoms with E-state index < -0.39 is 18.9 Å². The van der Waals surface area contributed by atoms with Gasteiger partial charge in [-0.3, -0.25) is 18.0 Å². The van der Waals surface area contributed by atoms with Crippen LogP contribution in [0.25, 0.3) is 0 Å². The number of fused-ring (bicyclic) bond motifs is 1. The smallest absolute Gasteiger partial charge is 0.870 e. The maximum absolute atomic E-state index is 12.1. The first kappa shape index (κ1) is 35.7. The minimum atomic E-state index is -5.17. The summed E-state index contributed by atoms with van der Waals surface area (Å²) < 4.78 is 33.5. The molecule has 0 spiro atoms. The van der Waals surface area contributed by atoms with E-state index in [0.29, 0.717) is 24.8 Å². The largest absolute Gasteiger partial charge is 2.00 e. The van der Waals surface area contributed by atoms with Crippen molar-refractivity contribution in [2.45, 2.75) is 21.3 Å². The summed E-state index contributed by atoms with van der Waals surface area (Å²) in [6, 6.07) is 0. The van der Waals surface area contributed by atoms with Crippen LogP contribution in [0.1, 0.15) is 12.8 Å². The van der Waals surface area contributed by atoms with Gasteiger partial charge in [0.05, 0.1) is 11.8 Å². The fourth-order valence-electron chi connectivity index (χ4n) is 2.02. The van der Waals surface area contributed by atoms with Gasteiger partial charge < -0.3 is 20.1 Å². The van der Waals surface area contributed by atoms with Gasteiger partial charge in [0.2, 0.25) is 15.5 Å². The number of rotatable bonds is 3. The molecule has 9 nitrogen and oxygen atoms in total. The molecule has 1 aliphatic heterocycles. The molecule has 2 amide bonds. The number of allylic oxidation sites excluding steroid dienone is 2. The molecule has 27 heavy (non-hydrogen) atoms. The van der Waals surface area contributed by atoms with E-state index in [1.165, 1.54) is 0 Å². The molecule has 2 rings (SSSR count). The number of alkyl halides is 4. The van der Waals surface area contributed by atoms with E-state index in [4.69, 9.17) is 63.9 Å². The first-order valence-corrected chi connectivity index (χ1v) is 9.62. The molecule has 2 aliphatic rings. The Hall–Kier alpha value is 1.32. The van der Waals surface area contributed by atoms with Crippen LogP contribution < -0.4 is 0 Å². The average Bonchev–Trinajstić information content (AvgIpc) is 2.62. The minimum Gasteiger partial charge on any atom is -0.870 e. The molecule has 1 heterocycles. The summed E-state index contributed by atoms with van der Waals surface area (Å²) in [5.41, 5.74) is 0. The van der Waals surface area contributed by atoms with Crippen molar-refractivity contribution in [1.82, 2.24) is 4.31 Å². The standard InChI is InChI=1S/C10H9Cl4NO2S.Cu.H2O4S.2H2O.Zn/c11-9(12)10(13,14)18-15-7(16)5-3-1-2-4-6(5)8(15)17;;1-5(2,3)4;;;/h1-2,5-6,9H,3-4H2;;(H2,1,2,3,4);2*1H2;/q;+2;;;;+2/p-4. The maximum atomic E-state index is 12.1. The number of hydrogen-bond acceptors (Lipinski definition) is 9. The Labute approximate surface area is 203 Å². The number of halogens is 4.